The Balaban J connectivity index is 2.08. The second-order valence-corrected chi connectivity index (χ2v) is 5.60. The molecule has 2 fully saturated rings. The van der Waals surface area contributed by atoms with Crippen LogP contribution in [0.4, 0.5) is 4.79 Å². The SMILES string of the molecule is CC1CC(C(=O)O)CCN1C(=O)N1CC(=O)NC(=O)C1C. The molecule has 0 aromatic heterocycles. The maximum Gasteiger partial charge on any atom is 0.321 e. The van der Waals surface area contributed by atoms with E-state index in [0.29, 0.717) is 19.4 Å². The quantitative estimate of drug-likeness (QED) is 0.643. The Labute approximate surface area is 122 Å². The molecule has 2 aliphatic heterocycles. The molecule has 116 valence electrons. The number of piperidine rings is 1. The lowest BCUT2D eigenvalue weighted by atomic mass is 9.92. The van der Waals surface area contributed by atoms with Crippen molar-refractivity contribution in [2.45, 2.75) is 38.8 Å². The summed E-state index contributed by atoms with van der Waals surface area (Å²) < 4.78 is 0. The Morgan fingerprint density at radius 1 is 1.24 bits per heavy atom. The molecular weight excluding hydrogens is 278 g/mol. The van der Waals surface area contributed by atoms with Crippen molar-refractivity contribution in [1.29, 1.82) is 0 Å². The number of hydrogen-bond acceptors (Lipinski definition) is 4. The first-order chi connectivity index (χ1) is 9.81. The van der Waals surface area contributed by atoms with E-state index in [0.717, 1.165) is 0 Å². The standard InChI is InChI=1S/C13H19N3O5/c1-7-5-9(12(19)20)3-4-15(7)13(21)16-6-10(17)14-11(18)8(16)2/h7-9H,3-6H2,1-2H3,(H,19,20)(H,14,17,18). The lowest BCUT2D eigenvalue weighted by Crippen LogP contribution is -2.62. The van der Waals surface area contributed by atoms with Crippen molar-refractivity contribution in [3.8, 4) is 0 Å². The van der Waals surface area contributed by atoms with E-state index in [1.54, 1.807) is 18.7 Å². The predicted molar refractivity (Wildman–Crippen MR) is 71.2 cm³/mol. The van der Waals surface area contributed by atoms with Crippen LogP contribution in [0.2, 0.25) is 0 Å². The summed E-state index contributed by atoms with van der Waals surface area (Å²) in [5.41, 5.74) is 0. The van der Waals surface area contributed by atoms with E-state index in [4.69, 9.17) is 5.11 Å². The Morgan fingerprint density at radius 3 is 2.48 bits per heavy atom. The number of urea groups is 1. The highest BCUT2D eigenvalue weighted by Gasteiger charge is 2.39. The normalized spacial score (nSPS) is 30.1. The molecule has 8 nitrogen and oxygen atoms in total. The molecule has 2 saturated heterocycles. The van der Waals surface area contributed by atoms with Gasteiger partial charge in [-0.1, -0.05) is 0 Å². The maximum absolute atomic E-state index is 12.5. The van der Waals surface area contributed by atoms with Crippen LogP contribution in [0.25, 0.3) is 0 Å². The van der Waals surface area contributed by atoms with Gasteiger partial charge >= 0.3 is 12.0 Å². The Morgan fingerprint density at radius 2 is 1.90 bits per heavy atom. The molecule has 21 heavy (non-hydrogen) atoms. The van der Waals surface area contributed by atoms with Crippen molar-refractivity contribution in [2.24, 2.45) is 5.92 Å². The van der Waals surface area contributed by atoms with Crippen molar-refractivity contribution in [3.63, 3.8) is 0 Å². The van der Waals surface area contributed by atoms with Gasteiger partial charge in [-0.05, 0) is 26.7 Å². The molecule has 4 amide bonds. The van der Waals surface area contributed by atoms with Crippen LogP contribution in [-0.2, 0) is 14.4 Å². The number of piperazine rings is 1. The van der Waals surface area contributed by atoms with Gasteiger partial charge in [0.05, 0.1) is 5.92 Å². The summed E-state index contributed by atoms with van der Waals surface area (Å²) in [6.45, 7) is 3.51. The number of rotatable bonds is 1. The minimum absolute atomic E-state index is 0.155. The largest absolute Gasteiger partial charge is 0.481 e. The highest BCUT2D eigenvalue weighted by molar-refractivity contribution is 6.03. The molecule has 2 aliphatic rings. The molecule has 0 aromatic carbocycles. The molecule has 3 atom stereocenters. The smallest absolute Gasteiger partial charge is 0.321 e. The minimum Gasteiger partial charge on any atom is -0.481 e. The van der Waals surface area contributed by atoms with Crippen molar-refractivity contribution in [2.75, 3.05) is 13.1 Å². The number of likely N-dealkylation sites (tertiary alicyclic amines) is 1. The summed E-state index contributed by atoms with van der Waals surface area (Å²) in [6.07, 6.45) is 0.761. The zero-order chi connectivity index (χ0) is 15.7. The van der Waals surface area contributed by atoms with Gasteiger partial charge in [-0.15, -0.1) is 0 Å². The van der Waals surface area contributed by atoms with Gasteiger partial charge in [0.2, 0.25) is 11.8 Å². The second-order valence-electron chi connectivity index (χ2n) is 5.60. The molecule has 2 N–H and O–H groups in total. The molecule has 2 rings (SSSR count). The number of carboxylic acids is 1. The number of hydrogen-bond donors (Lipinski definition) is 2. The first-order valence-corrected chi connectivity index (χ1v) is 6.95. The molecule has 2 heterocycles. The second kappa shape index (κ2) is 5.71. The predicted octanol–water partition coefficient (Wildman–Crippen LogP) is -0.362. The average molecular weight is 297 g/mol. The third-order valence-electron chi connectivity index (χ3n) is 4.14. The van der Waals surface area contributed by atoms with Crippen LogP contribution in [0, 0.1) is 5.92 Å². The lowest BCUT2D eigenvalue weighted by Gasteiger charge is -2.41. The number of imide groups is 1. The fraction of sp³-hybridized carbons (Fsp3) is 0.692. The Hall–Kier alpha value is -2.12. The average Bonchev–Trinajstić information content (AvgIpc) is 2.41. The van der Waals surface area contributed by atoms with E-state index in [9.17, 15) is 19.2 Å². The Kier molecular flexibility index (Phi) is 4.15. The van der Waals surface area contributed by atoms with Gasteiger partial charge in [-0.25, -0.2) is 4.79 Å². The monoisotopic (exact) mass is 297 g/mol. The Bertz CT molecular complexity index is 492. The van der Waals surface area contributed by atoms with Gasteiger partial charge in [0.25, 0.3) is 0 Å². The summed E-state index contributed by atoms with van der Waals surface area (Å²) in [4.78, 5) is 49.3. The van der Waals surface area contributed by atoms with E-state index in [2.05, 4.69) is 5.32 Å². The van der Waals surface area contributed by atoms with Crippen molar-refractivity contribution in [3.05, 3.63) is 0 Å². The number of carbonyl (C=O) groups excluding carboxylic acids is 3. The first kappa shape index (κ1) is 15.3. The van der Waals surface area contributed by atoms with Gasteiger partial charge in [-0.2, -0.15) is 0 Å². The number of nitrogens with one attached hydrogen (secondary N) is 1. The van der Waals surface area contributed by atoms with E-state index in [1.165, 1.54) is 4.90 Å². The molecule has 0 aliphatic carbocycles. The van der Waals surface area contributed by atoms with Gasteiger partial charge in [0, 0.05) is 12.6 Å². The van der Waals surface area contributed by atoms with Gasteiger partial charge < -0.3 is 14.9 Å². The van der Waals surface area contributed by atoms with E-state index in [1.807, 2.05) is 0 Å². The third kappa shape index (κ3) is 2.98. The highest BCUT2D eigenvalue weighted by Crippen LogP contribution is 2.24. The van der Waals surface area contributed by atoms with Gasteiger partial charge in [-0.3, -0.25) is 19.7 Å². The van der Waals surface area contributed by atoms with E-state index >= 15 is 0 Å². The molecule has 0 bridgehead atoms. The van der Waals surface area contributed by atoms with Crippen LogP contribution in [0.1, 0.15) is 26.7 Å². The van der Waals surface area contributed by atoms with Crippen LogP contribution >= 0.6 is 0 Å². The number of amides is 4. The van der Waals surface area contributed by atoms with Crippen molar-refractivity contribution < 1.29 is 24.3 Å². The fourth-order valence-electron chi connectivity index (χ4n) is 2.79. The summed E-state index contributed by atoms with van der Waals surface area (Å²) in [6, 6.07) is -1.33. The topological polar surface area (TPSA) is 107 Å². The van der Waals surface area contributed by atoms with Gasteiger partial charge in [0.1, 0.15) is 12.6 Å². The van der Waals surface area contributed by atoms with Gasteiger partial charge in [0.15, 0.2) is 0 Å². The summed E-state index contributed by atoms with van der Waals surface area (Å²) >= 11 is 0. The molecule has 8 heteroatoms. The molecule has 0 spiro atoms. The van der Waals surface area contributed by atoms with Crippen molar-refractivity contribution in [1.82, 2.24) is 15.1 Å². The molecule has 0 aromatic rings. The molecule has 0 radical (unpaired) electrons. The summed E-state index contributed by atoms with van der Waals surface area (Å²) in [7, 11) is 0. The first-order valence-electron chi connectivity index (χ1n) is 6.95. The van der Waals surface area contributed by atoms with Crippen LogP contribution in [0.15, 0.2) is 0 Å². The summed E-state index contributed by atoms with van der Waals surface area (Å²) in [5.74, 6) is -2.30. The fourth-order valence-corrected chi connectivity index (χ4v) is 2.79. The third-order valence-corrected chi connectivity index (χ3v) is 4.14. The zero-order valence-electron chi connectivity index (χ0n) is 12.0. The molecule has 3 unspecified atom stereocenters. The van der Waals surface area contributed by atoms with E-state index in [-0.39, 0.29) is 18.6 Å². The number of nitrogens with zero attached hydrogens (tertiary/aromatic N) is 2. The lowest BCUT2D eigenvalue weighted by molar-refractivity contribution is -0.143. The van der Waals surface area contributed by atoms with Crippen LogP contribution in [-0.4, -0.2) is 63.9 Å². The highest BCUT2D eigenvalue weighted by atomic mass is 16.4. The number of aliphatic carboxylic acids is 1. The van der Waals surface area contributed by atoms with Crippen LogP contribution in [0.3, 0.4) is 0 Å². The molecule has 0 saturated carbocycles. The maximum atomic E-state index is 12.5. The zero-order valence-corrected chi connectivity index (χ0v) is 12.0. The van der Waals surface area contributed by atoms with Crippen LogP contribution in [0.5, 0.6) is 0 Å². The molecular formula is C13H19N3O5. The van der Waals surface area contributed by atoms with E-state index < -0.39 is 29.7 Å². The van der Waals surface area contributed by atoms with Crippen LogP contribution < -0.4 is 5.32 Å². The number of carboxylic acid groups (broad SMARTS) is 1. The number of carbonyl (C=O) groups is 4. The summed E-state index contributed by atoms with van der Waals surface area (Å²) in [5, 5.41) is 11.2. The minimum atomic E-state index is -0.852. The van der Waals surface area contributed by atoms with Crippen molar-refractivity contribution >= 4 is 23.8 Å².